The first-order valence-electron chi connectivity index (χ1n) is 11.4. The van der Waals surface area contributed by atoms with Crippen LogP contribution in [0.5, 0.6) is 0 Å². The molecule has 2 aromatic heterocycles. The molecule has 3 saturated heterocycles. The molecule has 4 aromatic rings. The molecule has 0 spiro atoms. The first-order chi connectivity index (χ1) is 15.6. The maximum atomic E-state index is 13.4. The van der Waals surface area contributed by atoms with Gasteiger partial charge in [-0.15, -0.1) is 0 Å². The molecule has 1 atom stereocenters. The molecule has 32 heavy (non-hydrogen) atoms. The molecule has 0 unspecified atom stereocenters. The second-order valence-electron chi connectivity index (χ2n) is 9.32. The van der Waals surface area contributed by atoms with Crippen LogP contribution in [0.4, 0.5) is 11.4 Å². The Hall–Kier alpha value is -3.32. The zero-order valence-corrected chi connectivity index (χ0v) is 18.5. The second-order valence-corrected chi connectivity index (χ2v) is 9.32. The standard InChI is InChI=1S/C25H28N6O/c1-30(2)16-7-8-18-17(13-16)23(26-21-14-31-11-9-15(21)10-12-31)22(25(32)29-18)24-27-19-5-3-4-6-20(19)28-24/h3-8,13,15,21H,9-12,14H2,1-2H3,(H,27,28)(H2,26,29,32)/t21-/m1/s1. The summed E-state index contributed by atoms with van der Waals surface area (Å²) in [6, 6.07) is 14.4. The monoisotopic (exact) mass is 428 g/mol. The first-order valence-corrected chi connectivity index (χ1v) is 11.4. The summed E-state index contributed by atoms with van der Waals surface area (Å²) in [5.41, 5.74) is 5.06. The van der Waals surface area contributed by atoms with Crippen LogP contribution in [0.3, 0.4) is 0 Å². The van der Waals surface area contributed by atoms with Crippen LogP contribution in [-0.2, 0) is 0 Å². The van der Waals surface area contributed by atoms with E-state index >= 15 is 0 Å². The van der Waals surface area contributed by atoms with Gasteiger partial charge in [-0.3, -0.25) is 4.79 Å². The smallest absolute Gasteiger partial charge is 0.261 e. The van der Waals surface area contributed by atoms with Gasteiger partial charge in [0, 0.05) is 37.8 Å². The predicted octanol–water partition coefficient (Wildman–Crippen LogP) is 3.64. The summed E-state index contributed by atoms with van der Waals surface area (Å²) >= 11 is 0. The van der Waals surface area contributed by atoms with Crippen molar-refractivity contribution in [3.8, 4) is 11.4 Å². The lowest BCUT2D eigenvalue weighted by Gasteiger charge is -2.45. The Morgan fingerprint density at radius 3 is 2.59 bits per heavy atom. The van der Waals surface area contributed by atoms with Gasteiger partial charge in [-0.1, -0.05) is 12.1 Å². The zero-order chi connectivity index (χ0) is 21.8. The van der Waals surface area contributed by atoms with Crippen molar-refractivity contribution in [1.29, 1.82) is 0 Å². The van der Waals surface area contributed by atoms with Crippen LogP contribution < -0.4 is 15.8 Å². The van der Waals surface area contributed by atoms with Gasteiger partial charge in [0.05, 0.1) is 22.2 Å². The molecule has 0 aliphatic carbocycles. The second kappa shape index (κ2) is 7.38. The molecule has 0 radical (unpaired) electrons. The highest BCUT2D eigenvalue weighted by molar-refractivity contribution is 6.00. The summed E-state index contributed by atoms with van der Waals surface area (Å²) in [6.45, 7) is 3.38. The lowest BCUT2D eigenvalue weighted by molar-refractivity contribution is 0.0976. The van der Waals surface area contributed by atoms with E-state index in [0.29, 0.717) is 23.3 Å². The zero-order valence-electron chi connectivity index (χ0n) is 18.5. The molecule has 0 saturated carbocycles. The fourth-order valence-electron chi connectivity index (χ4n) is 5.32. The minimum absolute atomic E-state index is 0.127. The number of aromatic nitrogens is 3. The number of nitrogens with one attached hydrogen (secondary N) is 3. The van der Waals surface area contributed by atoms with Gasteiger partial charge >= 0.3 is 0 Å². The van der Waals surface area contributed by atoms with Gasteiger partial charge in [0.1, 0.15) is 11.4 Å². The Morgan fingerprint density at radius 2 is 1.88 bits per heavy atom. The van der Waals surface area contributed by atoms with Crippen molar-refractivity contribution in [3.63, 3.8) is 0 Å². The third kappa shape index (κ3) is 3.15. The number of benzene rings is 2. The van der Waals surface area contributed by atoms with E-state index in [9.17, 15) is 4.79 Å². The largest absolute Gasteiger partial charge is 0.379 e. The van der Waals surface area contributed by atoms with Crippen LogP contribution in [0.1, 0.15) is 12.8 Å². The van der Waals surface area contributed by atoms with Gasteiger partial charge < -0.3 is 25.1 Å². The van der Waals surface area contributed by atoms with Gasteiger partial charge in [-0.25, -0.2) is 4.98 Å². The van der Waals surface area contributed by atoms with Gasteiger partial charge in [0.15, 0.2) is 0 Å². The van der Waals surface area contributed by atoms with Gasteiger partial charge in [0.25, 0.3) is 5.56 Å². The molecule has 3 N–H and O–H groups in total. The van der Waals surface area contributed by atoms with E-state index in [1.54, 1.807) is 0 Å². The third-order valence-electron chi connectivity index (χ3n) is 7.13. The van der Waals surface area contributed by atoms with Crippen molar-refractivity contribution in [2.24, 2.45) is 5.92 Å². The van der Waals surface area contributed by atoms with Crippen LogP contribution in [0.25, 0.3) is 33.3 Å². The van der Waals surface area contributed by atoms with E-state index in [1.807, 2.05) is 50.5 Å². The molecule has 2 bridgehead atoms. The normalized spacial score (nSPS) is 22.5. The Morgan fingerprint density at radius 1 is 1.06 bits per heavy atom. The molecule has 164 valence electrons. The lowest BCUT2D eigenvalue weighted by Crippen LogP contribution is -2.53. The molecule has 0 amide bonds. The van der Waals surface area contributed by atoms with Gasteiger partial charge in [-0.2, -0.15) is 0 Å². The van der Waals surface area contributed by atoms with Crippen LogP contribution >= 0.6 is 0 Å². The molecule has 7 rings (SSSR count). The number of hydrogen-bond acceptors (Lipinski definition) is 5. The number of aromatic amines is 2. The van der Waals surface area contributed by atoms with Crippen LogP contribution in [0.15, 0.2) is 47.3 Å². The maximum Gasteiger partial charge on any atom is 0.261 e. The molecule has 5 heterocycles. The van der Waals surface area contributed by atoms with Gasteiger partial charge in [-0.05, 0) is 62.2 Å². The summed E-state index contributed by atoms with van der Waals surface area (Å²) in [4.78, 5) is 29.2. The molecule has 3 aliphatic heterocycles. The minimum Gasteiger partial charge on any atom is -0.379 e. The average molecular weight is 429 g/mol. The van der Waals surface area contributed by atoms with E-state index in [-0.39, 0.29) is 5.56 Å². The fourth-order valence-corrected chi connectivity index (χ4v) is 5.32. The average Bonchev–Trinajstić information content (AvgIpc) is 3.23. The summed E-state index contributed by atoms with van der Waals surface area (Å²) < 4.78 is 0. The highest BCUT2D eigenvalue weighted by Gasteiger charge is 2.35. The first kappa shape index (κ1) is 19.4. The predicted molar refractivity (Wildman–Crippen MR) is 131 cm³/mol. The van der Waals surface area contributed by atoms with Crippen molar-refractivity contribution in [2.75, 3.05) is 43.9 Å². The van der Waals surface area contributed by atoms with Crippen molar-refractivity contribution in [3.05, 3.63) is 52.8 Å². The highest BCUT2D eigenvalue weighted by atomic mass is 16.1. The maximum absolute atomic E-state index is 13.4. The van der Waals surface area contributed by atoms with Crippen LogP contribution in [0.2, 0.25) is 0 Å². The topological polar surface area (TPSA) is 80.0 Å². The van der Waals surface area contributed by atoms with Crippen molar-refractivity contribution in [1.82, 2.24) is 19.9 Å². The number of para-hydroxylation sites is 2. The lowest BCUT2D eigenvalue weighted by atomic mass is 9.83. The molecular formula is C25H28N6O. The third-order valence-corrected chi connectivity index (χ3v) is 7.13. The molecule has 3 aliphatic rings. The SMILES string of the molecule is CN(C)c1ccc2[nH]c(=O)c(-c3nc4ccccc4[nH]3)c(N[C@@H]3CN4CCC3CC4)c2c1. The Labute approximate surface area is 186 Å². The van der Waals surface area contributed by atoms with Gasteiger partial charge in [0.2, 0.25) is 0 Å². The van der Waals surface area contributed by atoms with E-state index in [1.165, 1.54) is 25.9 Å². The number of imidazole rings is 1. The minimum atomic E-state index is -0.127. The number of nitrogens with zero attached hydrogens (tertiary/aromatic N) is 3. The van der Waals surface area contributed by atoms with E-state index < -0.39 is 0 Å². The quantitative estimate of drug-likeness (QED) is 0.462. The van der Waals surface area contributed by atoms with E-state index in [4.69, 9.17) is 4.98 Å². The van der Waals surface area contributed by atoms with Crippen LogP contribution in [0, 0.1) is 5.92 Å². The summed E-state index contributed by atoms with van der Waals surface area (Å²) in [7, 11) is 4.07. The van der Waals surface area contributed by atoms with Crippen molar-refractivity contribution < 1.29 is 0 Å². The summed E-state index contributed by atoms with van der Waals surface area (Å²) in [6.07, 6.45) is 2.42. The Balaban J connectivity index is 1.57. The molecular weight excluding hydrogens is 400 g/mol. The number of piperidine rings is 3. The number of anilines is 2. The van der Waals surface area contributed by atoms with Crippen molar-refractivity contribution >= 4 is 33.3 Å². The summed E-state index contributed by atoms with van der Waals surface area (Å²) in [5, 5.41) is 4.85. The Kier molecular flexibility index (Phi) is 4.47. The highest BCUT2D eigenvalue weighted by Crippen LogP contribution is 2.36. The number of H-pyrrole nitrogens is 2. The Bertz CT molecular complexity index is 1330. The molecule has 3 fully saturated rings. The molecule has 7 nitrogen and oxygen atoms in total. The van der Waals surface area contributed by atoms with E-state index in [0.717, 1.165) is 39.9 Å². The van der Waals surface area contributed by atoms with Crippen LogP contribution in [-0.4, -0.2) is 59.6 Å². The summed E-state index contributed by atoms with van der Waals surface area (Å²) in [5.74, 6) is 1.24. The van der Waals surface area contributed by atoms with E-state index in [2.05, 4.69) is 31.2 Å². The number of pyridine rings is 1. The molecule has 2 aromatic carbocycles. The number of fused-ring (bicyclic) bond motifs is 5. The fraction of sp³-hybridized carbons (Fsp3) is 0.360. The van der Waals surface area contributed by atoms with Crippen molar-refractivity contribution in [2.45, 2.75) is 18.9 Å². The number of hydrogen-bond donors (Lipinski definition) is 3. The molecule has 7 heteroatoms. The number of rotatable bonds is 4.